The molecule has 3 N–H and O–H groups in total. The molecule has 0 unspecified atom stereocenters. The Morgan fingerprint density at radius 3 is 2.70 bits per heavy atom. The van der Waals surface area contributed by atoms with Gasteiger partial charge in [-0.25, -0.2) is 18.1 Å². The summed E-state index contributed by atoms with van der Waals surface area (Å²) >= 11 is 1.31. The van der Waals surface area contributed by atoms with Crippen LogP contribution >= 0.6 is 11.3 Å². The molecule has 2 heterocycles. The van der Waals surface area contributed by atoms with Crippen LogP contribution in [0.3, 0.4) is 0 Å². The summed E-state index contributed by atoms with van der Waals surface area (Å²) in [4.78, 5) is 32.9. The number of thiophene rings is 1. The Morgan fingerprint density at radius 1 is 1.22 bits per heavy atom. The molecule has 1 aliphatic rings. The van der Waals surface area contributed by atoms with E-state index in [1.54, 1.807) is 7.11 Å². The molecule has 0 bridgehead atoms. The van der Waals surface area contributed by atoms with Gasteiger partial charge in [-0.3, -0.25) is 9.59 Å². The van der Waals surface area contributed by atoms with E-state index in [0.29, 0.717) is 47.6 Å². The summed E-state index contributed by atoms with van der Waals surface area (Å²) in [6.45, 7) is 1.64. The van der Waals surface area contributed by atoms with Crippen molar-refractivity contribution in [3.05, 3.63) is 57.0 Å². The fourth-order valence-corrected chi connectivity index (χ4v) is 5.94. The van der Waals surface area contributed by atoms with Gasteiger partial charge in [0, 0.05) is 25.3 Å². The summed E-state index contributed by atoms with van der Waals surface area (Å²) in [5, 5.41) is 5.07. The minimum absolute atomic E-state index is 0.0307. The number of amides is 1. The SMILES string of the molecule is COc1cccc(CNC(=O)c2nc3scc(COC[C@H]4CC[C@H](CNS(C)(=O)=O)CC4)c3c(=O)[nH]2)c1. The second kappa shape index (κ2) is 12.2. The topological polar surface area (TPSA) is 139 Å². The lowest BCUT2D eigenvalue weighted by molar-refractivity contribution is 0.0681. The van der Waals surface area contributed by atoms with E-state index >= 15 is 0 Å². The van der Waals surface area contributed by atoms with Crippen molar-refractivity contribution in [2.24, 2.45) is 11.8 Å². The summed E-state index contributed by atoms with van der Waals surface area (Å²) in [6.07, 6.45) is 5.07. The molecule has 1 fully saturated rings. The quantitative estimate of drug-likeness (QED) is 0.335. The second-order valence-electron chi connectivity index (χ2n) is 9.41. The van der Waals surface area contributed by atoms with Crippen LogP contribution in [0.4, 0.5) is 0 Å². The van der Waals surface area contributed by atoms with Crippen LogP contribution in [0.25, 0.3) is 10.2 Å². The molecular formula is C25H32N4O6S2. The number of fused-ring (bicyclic) bond motifs is 1. The van der Waals surface area contributed by atoms with Gasteiger partial charge in [-0.2, -0.15) is 0 Å². The smallest absolute Gasteiger partial charge is 0.287 e. The highest BCUT2D eigenvalue weighted by atomic mass is 32.2. The van der Waals surface area contributed by atoms with E-state index in [9.17, 15) is 18.0 Å². The first kappa shape index (κ1) is 27.2. The number of sulfonamides is 1. The van der Waals surface area contributed by atoms with Crippen molar-refractivity contribution in [1.29, 1.82) is 0 Å². The van der Waals surface area contributed by atoms with Crippen molar-refractivity contribution >= 4 is 37.5 Å². The van der Waals surface area contributed by atoms with E-state index in [2.05, 4.69) is 20.0 Å². The Morgan fingerprint density at radius 2 is 1.97 bits per heavy atom. The number of hydrogen-bond donors (Lipinski definition) is 3. The first-order chi connectivity index (χ1) is 17.7. The Balaban J connectivity index is 1.29. The average molecular weight is 549 g/mol. The van der Waals surface area contributed by atoms with Gasteiger partial charge in [0.1, 0.15) is 10.6 Å². The highest BCUT2D eigenvalue weighted by Crippen LogP contribution is 2.29. The number of carbonyl (C=O) groups excluding carboxylic acids is 1. The standard InChI is InChI=1S/C25H32N4O6S2/c1-34-20-5-3-4-18(10-20)11-26-24(31)22-28-23(30)21-19(15-36-25(21)29-22)14-35-13-17-8-6-16(7-9-17)12-27-37(2,32)33/h3-5,10,15-17,27H,6-9,11-14H2,1-2H3,(H,26,31)(H,28,29,30)/t16-,17-. The van der Waals surface area contributed by atoms with Gasteiger partial charge >= 0.3 is 0 Å². The molecule has 2 aromatic heterocycles. The second-order valence-corrected chi connectivity index (χ2v) is 12.1. The van der Waals surface area contributed by atoms with Crippen LogP contribution in [0.5, 0.6) is 5.75 Å². The fraction of sp³-hybridized carbons (Fsp3) is 0.480. The lowest BCUT2D eigenvalue weighted by Crippen LogP contribution is -2.31. The largest absolute Gasteiger partial charge is 0.497 e. The van der Waals surface area contributed by atoms with E-state index in [1.807, 2.05) is 29.6 Å². The Labute approximate surface area is 219 Å². The van der Waals surface area contributed by atoms with E-state index in [0.717, 1.165) is 36.8 Å². The van der Waals surface area contributed by atoms with Crippen molar-refractivity contribution in [3.63, 3.8) is 0 Å². The van der Waals surface area contributed by atoms with Crippen LogP contribution in [-0.2, 0) is 27.9 Å². The number of ether oxygens (including phenoxy) is 2. The van der Waals surface area contributed by atoms with E-state index < -0.39 is 15.9 Å². The molecule has 3 aromatic rings. The molecular weight excluding hydrogens is 516 g/mol. The third-order valence-electron chi connectivity index (χ3n) is 6.53. The van der Waals surface area contributed by atoms with Crippen LogP contribution < -0.4 is 20.3 Å². The summed E-state index contributed by atoms with van der Waals surface area (Å²) in [6, 6.07) is 7.36. The molecule has 1 aliphatic carbocycles. The average Bonchev–Trinajstić information content (AvgIpc) is 3.30. The summed E-state index contributed by atoms with van der Waals surface area (Å²) < 4.78 is 36.3. The highest BCUT2D eigenvalue weighted by Gasteiger charge is 2.22. The van der Waals surface area contributed by atoms with E-state index in [4.69, 9.17) is 9.47 Å². The molecule has 1 amide bonds. The lowest BCUT2D eigenvalue weighted by Gasteiger charge is -2.28. The maximum Gasteiger partial charge on any atom is 0.287 e. The minimum Gasteiger partial charge on any atom is -0.497 e. The number of nitrogens with zero attached hydrogens (tertiary/aromatic N) is 1. The zero-order valence-corrected chi connectivity index (χ0v) is 22.5. The van der Waals surface area contributed by atoms with Gasteiger partial charge in [-0.1, -0.05) is 12.1 Å². The molecule has 1 saturated carbocycles. The van der Waals surface area contributed by atoms with Crippen LogP contribution in [0.2, 0.25) is 0 Å². The third-order valence-corrected chi connectivity index (χ3v) is 8.15. The van der Waals surface area contributed by atoms with Gasteiger partial charge in [-0.15, -0.1) is 11.3 Å². The number of aromatic nitrogens is 2. The molecule has 0 saturated heterocycles. The Kier molecular flexibility index (Phi) is 8.95. The zero-order chi connectivity index (χ0) is 26.4. The molecule has 0 aliphatic heterocycles. The molecule has 200 valence electrons. The molecule has 12 heteroatoms. The van der Waals surface area contributed by atoms with E-state index in [-0.39, 0.29) is 17.9 Å². The normalized spacial score (nSPS) is 18.1. The number of aromatic amines is 1. The van der Waals surface area contributed by atoms with E-state index in [1.165, 1.54) is 17.6 Å². The van der Waals surface area contributed by atoms with Gasteiger partial charge in [0.2, 0.25) is 15.8 Å². The van der Waals surface area contributed by atoms with Crippen molar-refractivity contribution in [2.75, 3.05) is 26.5 Å². The predicted molar refractivity (Wildman–Crippen MR) is 142 cm³/mol. The summed E-state index contributed by atoms with van der Waals surface area (Å²) in [5.74, 6) is 0.976. The van der Waals surface area contributed by atoms with Crippen LogP contribution in [0, 0.1) is 11.8 Å². The number of nitrogens with one attached hydrogen (secondary N) is 3. The number of methoxy groups -OCH3 is 1. The molecule has 0 atom stereocenters. The number of benzene rings is 1. The number of H-pyrrole nitrogens is 1. The molecule has 10 nitrogen and oxygen atoms in total. The summed E-state index contributed by atoms with van der Waals surface area (Å²) in [7, 11) is -1.58. The minimum atomic E-state index is -3.16. The lowest BCUT2D eigenvalue weighted by atomic mass is 9.82. The van der Waals surface area contributed by atoms with Gasteiger partial charge in [0.25, 0.3) is 11.5 Å². The van der Waals surface area contributed by atoms with Crippen molar-refractivity contribution in [1.82, 2.24) is 20.0 Å². The van der Waals surface area contributed by atoms with Gasteiger partial charge < -0.3 is 19.8 Å². The van der Waals surface area contributed by atoms with Crippen LogP contribution in [-0.4, -0.2) is 50.8 Å². The maximum absolute atomic E-state index is 12.8. The number of rotatable bonds is 11. The number of hydrogen-bond acceptors (Lipinski definition) is 8. The maximum atomic E-state index is 12.8. The van der Waals surface area contributed by atoms with Crippen molar-refractivity contribution < 1.29 is 22.7 Å². The zero-order valence-electron chi connectivity index (χ0n) is 20.9. The molecule has 4 rings (SSSR count). The highest BCUT2D eigenvalue weighted by molar-refractivity contribution is 7.88. The molecule has 1 aromatic carbocycles. The van der Waals surface area contributed by atoms with Crippen LogP contribution in [0.1, 0.15) is 47.4 Å². The first-order valence-electron chi connectivity index (χ1n) is 12.2. The number of carbonyl (C=O) groups is 1. The van der Waals surface area contributed by atoms with Crippen molar-refractivity contribution in [2.45, 2.75) is 38.8 Å². The Hall–Kier alpha value is -2.80. The molecule has 0 spiro atoms. The monoisotopic (exact) mass is 548 g/mol. The Bertz CT molecular complexity index is 1390. The molecule has 37 heavy (non-hydrogen) atoms. The van der Waals surface area contributed by atoms with Gasteiger partial charge in [-0.05, 0) is 60.6 Å². The first-order valence-corrected chi connectivity index (χ1v) is 14.9. The third kappa shape index (κ3) is 7.60. The van der Waals surface area contributed by atoms with Gasteiger partial charge in [0.05, 0.1) is 25.4 Å². The fourth-order valence-electron chi connectivity index (χ4n) is 4.48. The predicted octanol–water partition coefficient (Wildman–Crippen LogP) is 2.80. The van der Waals surface area contributed by atoms with Crippen LogP contribution in [0.15, 0.2) is 34.4 Å². The summed E-state index contributed by atoms with van der Waals surface area (Å²) in [5.41, 5.74) is 1.25. The molecule has 0 radical (unpaired) electrons. The van der Waals surface area contributed by atoms with Gasteiger partial charge in [0.15, 0.2) is 0 Å². The van der Waals surface area contributed by atoms with Crippen molar-refractivity contribution in [3.8, 4) is 5.75 Å².